The highest BCUT2D eigenvalue weighted by molar-refractivity contribution is 9.10. The maximum atomic E-state index is 13.6. The number of benzene rings is 2. The first kappa shape index (κ1) is 20.2. The molecule has 3 aromatic rings. The number of nitrogens with zero attached hydrogens (tertiary/aromatic N) is 3. The second kappa shape index (κ2) is 8.23. The van der Waals surface area contributed by atoms with E-state index in [1.807, 2.05) is 0 Å². The monoisotopic (exact) mass is 472 g/mol. The van der Waals surface area contributed by atoms with Crippen molar-refractivity contribution in [3.8, 4) is 17.1 Å². The highest BCUT2D eigenvalue weighted by Crippen LogP contribution is 2.32. The number of anilines is 1. The number of phenols is 1. The highest BCUT2D eigenvalue weighted by Gasteiger charge is 2.18. The molecule has 0 radical (unpaired) electrons. The van der Waals surface area contributed by atoms with Crippen LogP contribution in [0.15, 0.2) is 40.0 Å². The molecule has 3 rings (SSSR count). The fraction of sp³-hybridized carbons (Fsp3) is 0.118. The Morgan fingerprint density at radius 2 is 1.96 bits per heavy atom. The molecule has 0 bridgehead atoms. The van der Waals surface area contributed by atoms with Crippen LogP contribution in [-0.4, -0.2) is 31.5 Å². The van der Waals surface area contributed by atoms with Crippen molar-refractivity contribution in [1.82, 2.24) is 14.8 Å². The summed E-state index contributed by atoms with van der Waals surface area (Å²) in [5.41, 5.74) is -0.00764. The van der Waals surface area contributed by atoms with Crippen LogP contribution in [0.25, 0.3) is 11.4 Å². The zero-order chi connectivity index (χ0) is 20.4. The van der Waals surface area contributed by atoms with Crippen LogP contribution >= 0.6 is 27.7 Å². The van der Waals surface area contributed by atoms with E-state index in [0.29, 0.717) is 16.5 Å². The Balaban J connectivity index is 1.70. The van der Waals surface area contributed by atoms with Gasteiger partial charge in [-0.1, -0.05) is 27.7 Å². The normalized spacial score (nSPS) is 10.9. The molecule has 0 unspecified atom stereocenters. The van der Waals surface area contributed by atoms with E-state index >= 15 is 0 Å². The fourth-order valence-corrected chi connectivity index (χ4v) is 3.37. The van der Waals surface area contributed by atoms with Crippen LogP contribution in [0.5, 0.6) is 5.75 Å². The summed E-state index contributed by atoms with van der Waals surface area (Å²) in [6, 6.07) is 6.51. The number of carbonyl (C=O) groups excluding carboxylic acids is 1. The molecule has 28 heavy (non-hydrogen) atoms. The van der Waals surface area contributed by atoms with Gasteiger partial charge in [0, 0.05) is 11.5 Å². The van der Waals surface area contributed by atoms with Gasteiger partial charge < -0.3 is 15.0 Å². The van der Waals surface area contributed by atoms with Crippen molar-refractivity contribution in [1.29, 1.82) is 0 Å². The Hall–Kier alpha value is -2.53. The van der Waals surface area contributed by atoms with Crippen LogP contribution < -0.4 is 5.32 Å². The van der Waals surface area contributed by atoms with Gasteiger partial charge in [0.2, 0.25) is 5.91 Å². The first-order valence-corrected chi connectivity index (χ1v) is 9.50. The van der Waals surface area contributed by atoms with E-state index in [4.69, 9.17) is 0 Å². The Kier molecular flexibility index (Phi) is 5.94. The van der Waals surface area contributed by atoms with Gasteiger partial charge in [-0.25, -0.2) is 13.2 Å². The van der Waals surface area contributed by atoms with Gasteiger partial charge >= 0.3 is 0 Å². The summed E-state index contributed by atoms with van der Waals surface area (Å²) in [7, 11) is 1.66. The number of amides is 1. The topological polar surface area (TPSA) is 80.0 Å². The van der Waals surface area contributed by atoms with Crippen molar-refractivity contribution >= 4 is 39.3 Å². The second-order valence-electron chi connectivity index (χ2n) is 5.59. The molecule has 2 aromatic carbocycles. The molecule has 0 aliphatic carbocycles. The third-order valence-electron chi connectivity index (χ3n) is 3.68. The van der Waals surface area contributed by atoms with Crippen LogP contribution in [0.4, 0.5) is 18.9 Å². The first-order chi connectivity index (χ1) is 13.3. The molecule has 0 saturated heterocycles. The maximum Gasteiger partial charge on any atom is 0.234 e. The van der Waals surface area contributed by atoms with Gasteiger partial charge in [0.15, 0.2) is 28.4 Å². The molecule has 0 fully saturated rings. The van der Waals surface area contributed by atoms with Crippen molar-refractivity contribution < 1.29 is 23.1 Å². The molecule has 0 spiro atoms. The lowest BCUT2D eigenvalue weighted by molar-refractivity contribution is -0.113. The molecule has 0 aliphatic rings. The SMILES string of the molecule is Cn1c(SCC(=O)Nc2ccc(F)c(F)c2F)nnc1-c1cc(Br)ccc1O. The van der Waals surface area contributed by atoms with Crippen molar-refractivity contribution in [2.75, 3.05) is 11.1 Å². The lowest BCUT2D eigenvalue weighted by Gasteiger charge is -2.08. The third-order valence-corrected chi connectivity index (χ3v) is 5.19. The van der Waals surface area contributed by atoms with Crippen LogP contribution in [-0.2, 0) is 11.8 Å². The van der Waals surface area contributed by atoms with Gasteiger partial charge in [0.1, 0.15) is 5.75 Å². The molecule has 0 aliphatic heterocycles. The van der Waals surface area contributed by atoms with Gasteiger partial charge in [0.25, 0.3) is 0 Å². The minimum absolute atomic E-state index is 0.0156. The summed E-state index contributed by atoms with van der Waals surface area (Å²) in [5.74, 6) is -4.87. The smallest absolute Gasteiger partial charge is 0.234 e. The zero-order valence-electron chi connectivity index (χ0n) is 14.2. The van der Waals surface area contributed by atoms with E-state index in [0.717, 1.165) is 28.4 Å². The second-order valence-corrected chi connectivity index (χ2v) is 7.44. The van der Waals surface area contributed by atoms with Crippen molar-refractivity contribution in [3.05, 3.63) is 52.3 Å². The van der Waals surface area contributed by atoms with E-state index in [-0.39, 0.29) is 11.5 Å². The average molecular weight is 473 g/mol. The molecule has 11 heteroatoms. The number of halogens is 4. The molecule has 2 N–H and O–H groups in total. The maximum absolute atomic E-state index is 13.6. The zero-order valence-corrected chi connectivity index (χ0v) is 16.6. The number of carbonyl (C=O) groups is 1. The number of rotatable bonds is 5. The summed E-state index contributed by atoms with van der Waals surface area (Å²) in [6.07, 6.45) is 0. The predicted molar refractivity (Wildman–Crippen MR) is 101 cm³/mol. The third kappa shape index (κ3) is 4.14. The van der Waals surface area contributed by atoms with Gasteiger partial charge in [0.05, 0.1) is 17.0 Å². The van der Waals surface area contributed by atoms with Crippen LogP contribution in [0.3, 0.4) is 0 Å². The molecule has 0 saturated carbocycles. The largest absolute Gasteiger partial charge is 0.507 e. The van der Waals surface area contributed by atoms with E-state index in [1.165, 1.54) is 6.07 Å². The highest BCUT2D eigenvalue weighted by atomic mass is 79.9. The molecule has 6 nitrogen and oxygen atoms in total. The van der Waals surface area contributed by atoms with Crippen molar-refractivity contribution in [2.24, 2.45) is 7.05 Å². The van der Waals surface area contributed by atoms with E-state index in [2.05, 4.69) is 31.4 Å². The Bertz CT molecular complexity index is 1060. The lowest BCUT2D eigenvalue weighted by atomic mass is 10.2. The van der Waals surface area contributed by atoms with Gasteiger partial charge in [-0.05, 0) is 30.3 Å². The van der Waals surface area contributed by atoms with Crippen molar-refractivity contribution in [3.63, 3.8) is 0 Å². The van der Waals surface area contributed by atoms with E-state index in [1.54, 1.807) is 23.7 Å². The average Bonchev–Trinajstić information content (AvgIpc) is 3.03. The lowest BCUT2D eigenvalue weighted by Crippen LogP contribution is -2.16. The van der Waals surface area contributed by atoms with Crippen LogP contribution in [0.2, 0.25) is 0 Å². The van der Waals surface area contributed by atoms with E-state index in [9.17, 15) is 23.1 Å². The van der Waals surface area contributed by atoms with Crippen LogP contribution in [0, 0.1) is 17.5 Å². The van der Waals surface area contributed by atoms with Crippen LogP contribution in [0.1, 0.15) is 0 Å². The van der Waals surface area contributed by atoms with Crippen molar-refractivity contribution in [2.45, 2.75) is 5.16 Å². The minimum Gasteiger partial charge on any atom is -0.507 e. The summed E-state index contributed by atoms with van der Waals surface area (Å²) < 4.78 is 42.1. The molecule has 146 valence electrons. The quantitative estimate of drug-likeness (QED) is 0.431. The predicted octanol–water partition coefficient (Wildman–Crippen LogP) is 4.10. The number of aromatic nitrogens is 3. The van der Waals surface area contributed by atoms with Gasteiger partial charge in [-0.15, -0.1) is 10.2 Å². The standard InChI is InChI=1S/C17H12BrF3N4O2S/c1-25-16(9-6-8(18)2-5-12(9)26)23-24-17(25)28-7-13(27)22-11-4-3-10(19)14(20)15(11)21/h2-6,26H,7H2,1H3,(H,22,27). The Labute approximate surface area is 169 Å². The summed E-state index contributed by atoms with van der Waals surface area (Å²) in [4.78, 5) is 12.0. The molecular formula is C17H12BrF3N4O2S. The first-order valence-electron chi connectivity index (χ1n) is 7.72. The summed E-state index contributed by atoms with van der Waals surface area (Å²) in [5, 5.41) is 20.5. The van der Waals surface area contributed by atoms with E-state index < -0.39 is 29.0 Å². The molecule has 1 amide bonds. The molecule has 1 aromatic heterocycles. The molecular weight excluding hydrogens is 461 g/mol. The Morgan fingerprint density at radius 1 is 1.21 bits per heavy atom. The fourth-order valence-electron chi connectivity index (χ4n) is 2.30. The molecule has 0 atom stereocenters. The summed E-state index contributed by atoms with van der Waals surface area (Å²) >= 11 is 4.32. The van der Waals surface area contributed by atoms with Gasteiger partial charge in [-0.2, -0.15) is 0 Å². The minimum atomic E-state index is -1.66. The Morgan fingerprint density at radius 3 is 2.71 bits per heavy atom. The number of hydrogen-bond acceptors (Lipinski definition) is 5. The number of nitrogens with one attached hydrogen (secondary N) is 1. The number of thioether (sulfide) groups is 1. The number of phenolic OH excluding ortho intramolecular Hbond substituents is 1. The number of hydrogen-bond donors (Lipinski definition) is 2. The summed E-state index contributed by atoms with van der Waals surface area (Å²) in [6.45, 7) is 0. The van der Waals surface area contributed by atoms with Gasteiger partial charge in [-0.3, -0.25) is 4.79 Å². The molecule has 1 heterocycles. The number of aromatic hydroxyl groups is 1.